The van der Waals surface area contributed by atoms with Crippen LogP contribution in [0.15, 0.2) is 17.5 Å². The van der Waals surface area contributed by atoms with Crippen LogP contribution in [0, 0.1) is 5.92 Å². The first kappa shape index (κ1) is 15.5. The van der Waals surface area contributed by atoms with Crippen molar-refractivity contribution in [2.75, 3.05) is 11.1 Å². The Hall–Kier alpha value is -1.86. The van der Waals surface area contributed by atoms with Crippen LogP contribution in [-0.2, 0) is 6.54 Å². The molecule has 0 atom stereocenters. The lowest BCUT2D eigenvalue weighted by atomic mass is 10.1. The maximum absolute atomic E-state index is 12.1. The highest BCUT2D eigenvalue weighted by Gasteiger charge is 2.25. The molecule has 7 heteroatoms. The minimum absolute atomic E-state index is 0.0795. The van der Waals surface area contributed by atoms with Gasteiger partial charge in [-0.15, -0.1) is 22.7 Å². The number of carbonyl (C=O) groups excluding carboxylic acids is 2. The predicted molar refractivity (Wildman–Crippen MR) is 88.1 cm³/mol. The van der Waals surface area contributed by atoms with Crippen molar-refractivity contribution in [3.05, 3.63) is 32.8 Å². The second kappa shape index (κ2) is 6.28. The number of primary amides is 1. The van der Waals surface area contributed by atoms with Crippen molar-refractivity contribution >= 4 is 45.1 Å². The number of nitrogens with one attached hydrogen (secondary N) is 1. The molecule has 0 fully saturated rings. The molecule has 0 saturated heterocycles. The summed E-state index contributed by atoms with van der Waals surface area (Å²) in [5.41, 5.74) is 11.7. The molecule has 2 rings (SSSR count). The zero-order valence-corrected chi connectivity index (χ0v) is 13.4. The van der Waals surface area contributed by atoms with Crippen LogP contribution in [-0.4, -0.2) is 11.7 Å². The van der Waals surface area contributed by atoms with Gasteiger partial charge in [-0.05, 0) is 11.4 Å². The Kier molecular flexibility index (Phi) is 4.64. The van der Waals surface area contributed by atoms with Crippen LogP contribution in [0.3, 0.4) is 0 Å². The summed E-state index contributed by atoms with van der Waals surface area (Å²) in [4.78, 5) is 25.3. The van der Waals surface area contributed by atoms with Crippen molar-refractivity contribution < 1.29 is 9.59 Å². The van der Waals surface area contributed by atoms with E-state index in [9.17, 15) is 9.59 Å². The molecule has 0 spiro atoms. The number of Topliss-reactive ketones (excluding diaryl/α,β-unsaturated/α-hetero) is 1. The van der Waals surface area contributed by atoms with E-state index in [0.29, 0.717) is 16.4 Å². The zero-order chi connectivity index (χ0) is 15.6. The summed E-state index contributed by atoms with van der Waals surface area (Å²) in [6, 6.07) is 3.94. The van der Waals surface area contributed by atoms with E-state index in [2.05, 4.69) is 5.32 Å². The van der Waals surface area contributed by atoms with E-state index in [1.807, 2.05) is 17.5 Å². The van der Waals surface area contributed by atoms with Gasteiger partial charge in [-0.2, -0.15) is 0 Å². The van der Waals surface area contributed by atoms with E-state index in [4.69, 9.17) is 11.5 Å². The van der Waals surface area contributed by atoms with Crippen LogP contribution in [0.5, 0.6) is 0 Å². The smallest absolute Gasteiger partial charge is 0.253 e. The van der Waals surface area contributed by atoms with E-state index in [-0.39, 0.29) is 23.0 Å². The first-order valence-electron chi connectivity index (χ1n) is 6.44. The summed E-state index contributed by atoms with van der Waals surface area (Å²) < 4.78 is 0. The van der Waals surface area contributed by atoms with E-state index in [0.717, 1.165) is 4.88 Å². The number of thiophene rings is 2. The van der Waals surface area contributed by atoms with Gasteiger partial charge in [-0.1, -0.05) is 19.9 Å². The van der Waals surface area contributed by atoms with Gasteiger partial charge >= 0.3 is 0 Å². The van der Waals surface area contributed by atoms with Gasteiger partial charge in [0.15, 0.2) is 5.78 Å². The topological polar surface area (TPSA) is 98.2 Å². The van der Waals surface area contributed by atoms with Crippen LogP contribution in [0.2, 0.25) is 0 Å². The molecule has 0 aliphatic heterocycles. The summed E-state index contributed by atoms with van der Waals surface area (Å²) in [6.07, 6.45) is 0. The number of hydrogen-bond donors (Lipinski definition) is 3. The summed E-state index contributed by atoms with van der Waals surface area (Å²) in [7, 11) is 0. The molecule has 0 aromatic carbocycles. The normalized spacial score (nSPS) is 10.8. The van der Waals surface area contributed by atoms with E-state index in [1.54, 1.807) is 25.2 Å². The third-order valence-electron chi connectivity index (χ3n) is 2.94. The first-order valence-corrected chi connectivity index (χ1v) is 8.14. The van der Waals surface area contributed by atoms with Gasteiger partial charge in [-0.25, -0.2) is 0 Å². The van der Waals surface area contributed by atoms with Gasteiger partial charge in [-0.3, -0.25) is 9.59 Å². The van der Waals surface area contributed by atoms with Gasteiger partial charge in [0, 0.05) is 10.8 Å². The minimum Gasteiger partial charge on any atom is -0.397 e. The quantitative estimate of drug-likeness (QED) is 0.712. The van der Waals surface area contributed by atoms with Crippen molar-refractivity contribution in [2.24, 2.45) is 11.7 Å². The lowest BCUT2D eigenvalue weighted by Gasteiger charge is -2.04. The number of ketones is 1. The number of hydrogen-bond acceptors (Lipinski definition) is 6. The fraction of sp³-hybridized carbons (Fsp3) is 0.286. The van der Waals surface area contributed by atoms with Gasteiger partial charge in [0.25, 0.3) is 5.91 Å². The van der Waals surface area contributed by atoms with Gasteiger partial charge < -0.3 is 16.8 Å². The van der Waals surface area contributed by atoms with Crippen molar-refractivity contribution in [2.45, 2.75) is 20.4 Å². The fourth-order valence-corrected chi connectivity index (χ4v) is 3.69. The Morgan fingerprint density at radius 2 is 2.10 bits per heavy atom. The highest BCUT2D eigenvalue weighted by molar-refractivity contribution is 7.19. The molecule has 5 nitrogen and oxygen atoms in total. The van der Waals surface area contributed by atoms with E-state index < -0.39 is 5.91 Å². The average molecular weight is 323 g/mol. The highest BCUT2D eigenvalue weighted by Crippen LogP contribution is 2.37. The summed E-state index contributed by atoms with van der Waals surface area (Å²) in [5, 5.41) is 5.68. The summed E-state index contributed by atoms with van der Waals surface area (Å²) >= 11 is 2.80. The van der Waals surface area contributed by atoms with Crippen LogP contribution in [0.25, 0.3) is 0 Å². The van der Waals surface area contributed by atoms with Crippen molar-refractivity contribution in [3.8, 4) is 0 Å². The Morgan fingerprint density at radius 3 is 2.62 bits per heavy atom. The highest BCUT2D eigenvalue weighted by atomic mass is 32.1. The van der Waals surface area contributed by atoms with Crippen molar-refractivity contribution in [1.29, 1.82) is 0 Å². The molecule has 1 amide bonds. The number of nitrogens with two attached hydrogens (primary N) is 2. The van der Waals surface area contributed by atoms with Crippen LogP contribution < -0.4 is 16.8 Å². The largest absolute Gasteiger partial charge is 0.397 e. The molecule has 0 radical (unpaired) electrons. The third kappa shape index (κ3) is 3.25. The molecule has 2 aromatic heterocycles. The third-order valence-corrected chi connectivity index (χ3v) is 5.00. The molecule has 0 bridgehead atoms. The number of carbonyl (C=O) groups is 2. The Bertz CT molecular complexity index is 660. The minimum atomic E-state index is -0.625. The second-order valence-electron chi connectivity index (χ2n) is 4.87. The van der Waals surface area contributed by atoms with Crippen molar-refractivity contribution in [3.63, 3.8) is 0 Å². The fourth-order valence-electron chi connectivity index (χ4n) is 1.84. The first-order chi connectivity index (χ1) is 9.91. The van der Waals surface area contributed by atoms with Gasteiger partial charge in [0.1, 0.15) is 5.00 Å². The molecular weight excluding hydrogens is 306 g/mol. The SMILES string of the molecule is CC(C)C(=O)c1sc(NCc2cccs2)c(C(N)=O)c1N. The molecule has 5 N–H and O–H groups in total. The maximum Gasteiger partial charge on any atom is 0.253 e. The monoisotopic (exact) mass is 323 g/mol. The van der Waals surface area contributed by atoms with Gasteiger partial charge in [0.2, 0.25) is 0 Å². The van der Waals surface area contributed by atoms with Crippen LogP contribution in [0.4, 0.5) is 10.7 Å². The Balaban J connectivity index is 2.33. The summed E-state index contributed by atoms with van der Waals surface area (Å²) in [5.74, 6) is -0.888. The molecule has 0 saturated carbocycles. The lowest BCUT2D eigenvalue weighted by molar-refractivity contribution is 0.0944. The van der Waals surface area contributed by atoms with Crippen LogP contribution >= 0.6 is 22.7 Å². The predicted octanol–water partition coefficient (Wildman–Crippen LogP) is 2.94. The average Bonchev–Trinajstić information content (AvgIpc) is 3.02. The second-order valence-corrected chi connectivity index (χ2v) is 6.92. The maximum atomic E-state index is 12.1. The molecular formula is C14H17N3O2S2. The zero-order valence-electron chi connectivity index (χ0n) is 11.8. The number of amides is 1. The molecule has 0 aliphatic rings. The number of anilines is 2. The Morgan fingerprint density at radius 1 is 1.38 bits per heavy atom. The van der Waals surface area contributed by atoms with Crippen molar-refractivity contribution in [1.82, 2.24) is 0 Å². The van der Waals surface area contributed by atoms with Crippen LogP contribution in [0.1, 0.15) is 38.8 Å². The van der Waals surface area contributed by atoms with E-state index >= 15 is 0 Å². The molecule has 2 aromatic rings. The molecule has 2 heterocycles. The lowest BCUT2D eigenvalue weighted by Crippen LogP contribution is -2.15. The molecule has 0 aliphatic carbocycles. The summed E-state index contributed by atoms with van der Waals surface area (Å²) in [6.45, 7) is 4.15. The molecule has 21 heavy (non-hydrogen) atoms. The Labute approximate surface area is 131 Å². The number of rotatable bonds is 6. The van der Waals surface area contributed by atoms with Gasteiger partial charge in [0.05, 0.1) is 22.7 Å². The molecule has 112 valence electrons. The number of nitrogen functional groups attached to an aromatic ring is 1. The molecule has 0 unspecified atom stereocenters. The standard InChI is InChI=1S/C14H17N3O2S2/c1-7(2)11(18)12-10(15)9(13(16)19)14(21-12)17-6-8-4-3-5-20-8/h3-5,7,17H,6,15H2,1-2H3,(H2,16,19). The van der Waals surface area contributed by atoms with E-state index in [1.165, 1.54) is 11.3 Å².